The lowest BCUT2D eigenvalue weighted by Crippen LogP contribution is -3.28. The Bertz CT molecular complexity index is 725. The maximum Gasteiger partial charge on any atom is 0.162 e. The van der Waals surface area contributed by atoms with Crippen molar-refractivity contribution in [3.05, 3.63) is 65.7 Å². The summed E-state index contributed by atoms with van der Waals surface area (Å²) in [6, 6.07) is 17.8. The number of quaternary nitrogens is 2. The van der Waals surface area contributed by atoms with Crippen LogP contribution in [0.4, 0.5) is 0 Å². The van der Waals surface area contributed by atoms with Gasteiger partial charge in [0.05, 0.1) is 0 Å². The van der Waals surface area contributed by atoms with Gasteiger partial charge in [0.25, 0.3) is 0 Å². The molecule has 0 bridgehead atoms. The Balaban J connectivity index is 1.36. The van der Waals surface area contributed by atoms with Gasteiger partial charge in [-0.3, -0.25) is 4.79 Å². The van der Waals surface area contributed by atoms with Crippen LogP contribution >= 0.6 is 0 Å². The molecule has 2 aromatic carbocycles. The minimum atomic E-state index is -0.484. The second-order valence-electron chi connectivity index (χ2n) is 7.63. The van der Waals surface area contributed by atoms with E-state index in [4.69, 9.17) is 4.74 Å². The average Bonchev–Trinajstić information content (AvgIpc) is 2.74. The first-order valence-electron chi connectivity index (χ1n) is 10.3. The van der Waals surface area contributed by atoms with Crippen LogP contribution in [-0.2, 0) is 6.54 Å². The highest BCUT2D eigenvalue weighted by atomic mass is 16.5. The van der Waals surface area contributed by atoms with Gasteiger partial charge >= 0.3 is 0 Å². The Morgan fingerprint density at radius 2 is 1.64 bits per heavy atom. The molecule has 3 N–H and O–H groups in total. The zero-order chi connectivity index (χ0) is 19.8. The smallest absolute Gasteiger partial charge is 0.162 e. The fourth-order valence-electron chi connectivity index (χ4n) is 3.75. The first-order valence-corrected chi connectivity index (χ1v) is 10.3. The molecule has 0 spiro atoms. The van der Waals surface area contributed by atoms with Crippen LogP contribution < -0.4 is 14.5 Å². The fourth-order valence-corrected chi connectivity index (χ4v) is 3.75. The van der Waals surface area contributed by atoms with Crippen molar-refractivity contribution in [2.75, 3.05) is 39.3 Å². The molecule has 0 aromatic heterocycles. The number of carbonyl (C=O) groups excluding carboxylic acids is 1. The van der Waals surface area contributed by atoms with Crippen molar-refractivity contribution in [1.82, 2.24) is 0 Å². The Labute approximate surface area is 167 Å². The molecule has 1 atom stereocenters. The summed E-state index contributed by atoms with van der Waals surface area (Å²) in [5.74, 6) is 0.822. The third-order valence-corrected chi connectivity index (χ3v) is 5.43. The van der Waals surface area contributed by atoms with E-state index in [2.05, 4.69) is 30.3 Å². The van der Waals surface area contributed by atoms with Crippen LogP contribution in [0.2, 0.25) is 0 Å². The SMILES string of the molecule is CCC(=O)c1ccc(OC[C@@H](O)C[NH+]2CC[NH+](Cc3ccccc3)CC2)cc1. The standard InChI is InChI=1S/C23H30N2O3/c1-2-23(27)20-8-10-22(11-9-20)28-18-21(26)17-25-14-12-24(13-15-25)16-19-6-4-3-5-7-19/h3-11,21,26H,2,12-18H2,1H3/p+2/t21-/m0/s1. The van der Waals surface area contributed by atoms with Gasteiger partial charge in [0.2, 0.25) is 0 Å². The molecule has 0 unspecified atom stereocenters. The number of rotatable bonds is 9. The third-order valence-electron chi connectivity index (χ3n) is 5.43. The van der Waals surface area contributed by atoms with Crippen molar-refractivity contribution < 1.29 is 24.4 Å². The molecule has 5 heteroatoms. The molecule has 1 aliphatic heterocycles. The highest BCUT2D eigenvalue weighted by Crippen LogP contribution is 2.13. The van der Waals surface area contributed by atoms with Gasteiger partial charge in [-0.15, -0.1) is 0 Å². The molecule has 1 fully saturated rings. The van der Waals surface area contributed by atoms with Gasteiger partial charge in [-0.25, -0.2) is 0 Å². The number of hydrogen-bond donors (Lipinski definition) is 3. The van der Waals surface area contributed by atoms with Crippen LogP contribution in [0.15, 0.2) is 54.6 Å². The summed E-state index contributed by atoms with van der Waals surface area (Å²) in [5.41, 5.74) is 2.09. The largest absolute Gasteiger partial charge is 0.491 e. The monoisotopic (exact) mass is 384 g/mol. The number of aliphatic hydroxyl groups excluding tert-OH is 1. The van der Waals surface area contributed by atoms with E-state index in [-0.39, 0.29) is 12.4 Å². The summed E-state index contributed by atoms with van der Waals surface area (Å²) in [6.45, 7) is 8.34. The van der Waals surface area contributed by atoms with E-state index in [0.717, 1.165) is 32.7 Å². The molecule has 0 aliphatic carbocycles. The average molecular weight is 385 g/mol. The van der Waals surface area contributed by atoms with Gasteiger partial charge < -0.3 is 19.6 Å². The number of ketones is 1. The van der Waals surface area contributed by atoms with Gasteiger partial charge in [-0.05, 0) is 24.3 Å². The van der Waals surface area contributed by atoms with E-state index >= 15 is 0 Å². The van der Waals surface area contributed by atoms with E-state index in [9.17, 15) is 9.90 Å². The van der Waals surface area contributed by atoms with E-state index < -0.39 is 6.10 Å². The zero-order valence-electron chi connectivity index (χ0n) is 16.7. The minimum absolute atomic E-state index is 0.128. The van der Waals surface area contributed by atoms with Crippen molar-refractivity contribution >= 4 is 5.78 Å². The van der Waals surface area contributed by atoms with E-state index in [0.29, 0.717) is 24.3 Å². The fraction of sp³-hybridized carbons (Fsp3) is 0.435. The number of ether oxygens (including phenoxy) is 1. The summed E-state index contributed by atoms with van der Waals surface area (Å²) < 4.78 is 5.70. The molecule has 1 heterocycles. The Kier molecular flexibility index (Phi) is 7.60. The van der Waals surface area contributed by atoms with Gasteiger partial charge in [0.15, 0.2) is 5.78 Å². The first kappa shape index (κ1) is 20.5. The number of hydrogen-bond acceptors (Lipinski definition) is 3. The number of nitrogens with one attached hydrogen (secondary N) is 2. The quantitative estimate of drug-likeness (QED) is 0.534. The van der Waals surface area contributed by atoms with Gasteiger partial charge in [-0.1, -0.05) is 37.3 Å². The van der Waals surface area contributed by atoms with Gasteiger partial charge in [-0.2, -0.15) is 0 Å². The zero-order valence-corrected chi connectivity index (χ0v) is 16.7. The summed E-state index contributed by atoms with van der Waals surface area (Å²) >= 11 is 0. The lowest BCUT2D eigenvalue weighted by Gasteiger charge is -2.30. The van der Waals surface area contributed by atoms with Crippen molar-refractivity contribution in [1.29, 1.82) is 0 Å². The van der Waals surface area contributed by atoms with Crippen LogP contribution in [0.5, 0.6) is 5.75 Å². The molecule has 5 nitrogen and oxygen atoms in total. The van der Waals surface area contributed by atoms with Crippen molar-refractivity contribution in [3.63, 3.8) is 0 Å². The van der Waals surface area contributed by atoms with Crippen LogP contribution in [0, 0.1) is 0 Å². The highest BCUT2D eigenvalue weighted by molar-refractivity contribution is 5.95. The second kappa shape index (κ2) is 10.4. The number of aliphatic hydroxyl groups is 1. The Morgan fingerprint density at radius 3 is 2.29 bits per heavy atom. The predicted molar refractivity (Wildman–Crippen MR) is 109 cm³/mol. The van der Waals surface area contributed by atoms with E-state index in [1.54, 1.807) is 29.2 Å². The molecule has 0 saturated carbocycles. The molecule has 0 amide bonds. The molecule has 28 heavy (non-hydrogen) atoms. The third kappa shape index (κ3) is 6.16. The minimum Gasteiger partial charge on any atom is -0.491 e. The lowest BCUT2D eigenvalue weighted by molar-refractivity contribution is -1.02. The molecular weight excluding hydrogens is 352 g/mol. The second-order valence-corrected chi connectivity index (χ2v) is 7.63. The maximum atomic E-state index is 11.7. The summed E-state index contributed by atoms with van der Waals surface area (Å²) in [4.78, 5) is 14.7. The predicted octanol–water partition coefficient (Wildman–Crippen LogP) is 0.00260. The van der Waals surface area contributed by atoms with Gasteiger partial charge in [0.1, 0.15) is 57.7 Å². The van der Waals surface area contributed by atoms with Crippen LogP contribution in [0.1, 0.15) is 29.3 Å². The normalized spacial score (nSPS) is 20.5. The van der Waals surface area contributed by atoms with E-state index in [1.165, 1.54) is 10.5 Å². The van der Waals surface area contributed by atoms with E-state index in [1.807, 2.05) is 6.92 Å². The molecule has 150 valence electrons. The van der Waals surface area contributed by atoms with Crippen LogP contribution in [0.25, 0.3) is 0 Å². The molecule has 0 radical (unpaired) electrons. The summed E-state index contributed by atoms with van der Waals surface area (Å²) in [5, 5.41) is 10.3. The van der Waals surface area contributed by atoms with Crippen molar-refractivity contribution in [2.24, 2.45) is 0 Å². The summed E-state index contributed by atoms with van der Waals surface area (Å²) in [7, 11) is 0. The number of carbonyl (C=O) groups is 1. The number of benzene rings is 2. The molecule has 1 aliphatic rings. The Morgan fingerprint density at radius 1 is 1.00 bits per heavy atom. The molecular formula is C23H32N2O3+2. The van der Waals surface area contributed by atoms with Crippen molar-refractivity contribution in [3.8, 4) is 5.75 Å². The maximum absolute atomic E-state index is 11.7. The van der Waals surface area contributed by atoms with Crippen molar-refractivity contribution in [2.45, 2.75) is 26.0 Å². The number of piperazine rings is 1. The highest BCUT2D eigenvalue weighted by Gasteiger charge is 2.25. The Hall–Kier alpha value is -2.21. The molecule has 1 saturated heterocycles. The van der Waals surface area contributed by atoms with Gasteiger partial charge in [0, 0.05) is 17.5 Å². The summed E-state index contributed by atoms with van der Waals surface area (Å²) in [6.07, 6.45) is 0.0183. The topological polar surface area (TPSA) is 55.4 Å². The molecule has 3 rings (SSSR count). The van der Waals surface area contributed by atoms with Crippen LogP contribution in [0.3, 0.4) is 0 Å². The lowest BCUT2D eigenvalue weighted by atomic mass is 10.1. The first-order chi connectivity index (χ1) is 13.6. The number of Topliss-reactive ketones (excluding diaryl/α,β-unsaturated/α-hetero) is 1. The van der Waals surface area contributed by atoms with Crippen LogP contribution in [-0.4, -0.2) is 56.3 Å². The molecule has 2 aromatic rings.